The number of benzene rings is 1. The van der Waals surface area contributed by atoms with Gasteiger partial charge < -0.3 is 15.2 Å². The normalized spacial score (nSPS) is 11.8. The van der Waals surface area contributed by atoms with Crippen LogP contribution in [-0.2, 0) is 9.53 Å². The van der Waals surface area contributed by atoms with E-state index in [0.29, 0.717) is 11.4 Å². The van der Waals surface area contributed by atoms with E-state index in [2.05, 4.69) is 15.6 Å². The fraction of sp³-hybridized carbons (Fsp3) is 0.333. The summed E-state index contributed by atoms with van der Waals surface area (Å²) in [5, 5.41) is 30.0. The summed E-state index contributed by atoms with van der Waals surface area (Å²) >= 11 is 0. The van der Waals surface area contributed by atoms with Crippen molar-refractivity contribution in [1.82, 2.24) is 20.3 Å². The van der Waals surface area contributed by atoms with Crippen molar-refractivity contribution in [3.63, 3.8) is 0 Å². The number of carbonyl (C=O) groups is 2. The number of ether oxygens (including phenoxy) is 1. The number of nitro benzene ring substituents is 1. The molecule has 26 heavy (non-hydrogen) atoms. The van der Waals surface area contributed by atoms with Gasteiger partial charge in [-0.2, -0.15) is 0 Å². The summed E-state index contributed by atoms with van der Waals surface area (Å²) < 4.78 is 6.09. The lowest BCUT2D eigenvalue weighted by atomic mass is 10.2. The molecule has 1 amide bonds. The van der Waals surface area contributed by atoms with Crippen molar-refractivity contribution in [3.05, 3.63) is 45.8 Å². The smallest absolute Gasteiger partial charge is 0.326 e. The SMILES string of the molecule is COCCC(NC(=O)c1nnn(-c2cccc([N+](=O)[O-])c2)c1C)C(=O)O. The molecular formula is C15H17N5O6. The molecule has 2 aromatic rings. The second-order valence-corrected chi connectivity index (χ2v) is 5.36. The van der Waals surface area contributed by atoms with Crippen molar-refractivity contribution in [2.24, 2.45) is 0 Å². The van der Waals surface area contributed by atoms with Crippen LogP contribution in [0.15, 0.2) is 24.3 Å². The van der Waals surface area contributed by atoms with Crippen LogP contribution in [0.3, 0.4) is 0 Å². The van der Waals surface area contributed by atoms with Gasteiger partial charge in [-0.05, 0) is 13.0 Å². The van der Waals surface area contributed by atoms with E-state index in [4.69, 9.17) is 9.84 Å². The molecule has 0 fully saturated rings. The molecule has 1 unspecified atom stereocenters. The van der Waals surface area contributed by atoms with Gasteiger partial charge in [0.25, 0.3) is 11.6 Å². The highest BCUT2D eigenvalue weighted by molar-refractivity contribution is 5.95. The Morgan fingerprint density at radius 1 is 1.46 bits per heavy atom. The molecule has 0 saturated carbocycles. The van der Waals surface area contributed by atoms with E-state index >= 15 is 0 Å². The Bertz CT molecular complexity index is 834. The monoisotopic (exact) mass is 363 g/mol. The van der Waals surface area contributed by atoms with Crippen molar-refractivity contribution < 1.29 is 24.4 Å². The first-order valence-corrected chi connectivity index (χ1v) is 7.55. The third-order valence-electron chi connectivity index (χ3n) is 3.61. The van der Waals surface area contributed by atoms with Crippen LogP contribution in [0.25, 0.3) is 5.69 Å². The number of rotatable bonds is 8. The minimum Gasteiger partial charge on any atom is -0.480 e. The number of hydrogen-bond acceptors (Lipinski definition) is 7. The molecule has 0 aliphatic carbocycles. The number of aliphatic carboxylic acids is 1. The minimum absolute atomic E-state index is 0.0693. The maximum atomic E-state index is 12.3. The molecule has 11 heteroatoms. The number of hydrogen-bond donors (Lipinski definition) is 2. The van der Waals surface area contributed by atoms with Crippen LogP contribution in [-0.4, -0.2) is 56.7 Å². The third-order valence-corrected chi connectivity index (χ3v) is 3.61. The quantitative estimate of drug-likeness (QED) is 0.514. The van der Waals surface area contributed by atoms with Crippen LogP contribution in [0.4, 0.5) is 5.69 Å². The summed E-state index contributed by atoms with van der Waals surface area (Å²) in [5.74, 6) is -1.90. The van der Waals surface area contributed by atoms with E-state index in [-0.39, 0.29) is 24.4 Å². The van der Waals surface area contributed by atoms with Gasteiger partial charge in [-0.25, -0.2) is 9.48 Å². The van der Waals surface area contributed by atoms with E-state index in [0.717, 1.165) is 0 Å². The molecule has 1 heterocycles. The summed E-state index contributed by atoms with van der Waals surface area (Å²) in [6, 6.07) is 4.55. The molecular weight excluding hydrogens is 346 g/mol. The molecule has 0 bridgehead atoms. The van der Waals surface area contributed by atoms with Gasteiger partial charge in [-0.3, -0.25) is 14.9 Å². The standard InChI is InChI=1S/C15H17N5O6/c1-9-13(14(21)16-12(15(22)23)6-7-26-2)17-18-19(9)10-4-3-5-11(8-10)20(24)25/h3-5,8,12H,6-7H2,1-2H3,(H,16,21)(H,22,23). The average molecular weight is 363 g/mol. The Hall–Kier alpha value is -3.34. The van der Waals surface area contributed by atoms with Crippen molar-refractivity contribution in [3.8, 4) is 5.69 Å². The van der Waals surface area contributed by atoms with Crippen molar-refractivity contribution in [1.29, 1.82) is 0 Å². The van der Waals surface area contributed by atoms with Crippen molar-refractivity contribution in [2.45, 2.75) is 19.4 Å². The van der Waals surface area contributed by atoms with Crippen LogP contribution in [0.2, 0.25) is 0 Å². The number of amides is 1. The topological polar surface area (TPSA) is 149 Å². The zero-order chi connectivity index (χ0) is 19.3. The van der Waals surface area contributed by atoms with Crippen LogP contribution >= 0.6 is 0 Å². The number of carbonyl (C=O) groups excluding carboxylic acids is 1. The third kappa shape index (κ3) is 4.19. The number of carboxylic acid groups (broad SMARTS) is 1. The predicted octanol–water partition coefficient (Wildman–Crippen LogP) is 0.703. The second-order valence-electron chi connectivity index (χ2n) is 5.36. The van der Waals surface area contributed by atoms with Gasteiger partial charge in [0.1, 0.15) is 6.04 Å². The molecule has 2 rings (SSSR count). The minimum atomic E-state index is -1.20. The van der Waals surface area contributed by atoms with Gasteiger partial charge in [0.05, 0.1) is 16.3 Å². The molecule has 138 valence electrons. The molecule has 0 aliphatic rings. The van der Waals surface area contributed by atoms with Gasteiger partial charge in [0.2, 0.25) is 0 Å². The second kappa shape index (κ2) is 8.16. The molecule has 0 saturated heterocycles. The van der Waals surface area contributed by atoms with E-state index in [1.54, 1.807) is 13.0 Å². The molecule has 2 N–H and O–H groups in total. The van der Waals surface area contributed by atoms with Gasteiger partial charge >= 0.3 is 5.97 Å². The Labute approximate surface area is 147 Å². The van der Waals surface area contributed by atoms with Crippen LogP contribution in [0.1, 0.15) is 22.6 Å². The molecule has 11 nitrogen and oxygen atoms in total. The summed E-state index contributed by atoms with van der Waals surface area (Å²) in [6.45, 7) is 1.72. The first kappa shape index (κ1) is 19.0. The highest BCUT2D eigenvalue weighted by atomic mass is 16.6. The lowest BCUT2D eigenvalue weighted by Gasteiger charge is -2.13. The number of carboxylic acids is 1. The first-order valence-electron chi connectivity index (χ1n) is 7.55. The van der Waals surface area contributed by atoms with E-state index < -0.39 is 22.8 Å². The highest BCUT2D eigenvalue weighted by Gasteiger charge is 2.24. The molecule has 0 aliphatic heterocycles. The lowest BCUT2D eigenvalue weighted by Crippen LogP contribution is -2.41. The summed E-state index contributed by atoms with van der Waals surface area (Å²) in [4.78, 5) is 33.9. The Morgan fingerprint density at radius 3 is 2.81 bits per heavy atom. The number of aromatic nitrogens is 3. The van der Waals surface area contributed by atoms with Gasteiger partial charge in [-0.1, -0.05) is 11.3 Å². The van der Waals surface area contributed by atoms with Gasteiger partial charge in [0.15, 0.2) is 5.69 Å². The van der Waals surface area contributed by atoms with Crippen LogP contribution in [0.5, 0.6) is 0 Å². The molecule has 0 spiro atoms. The van der Waals surface area contributed by atoms with Crippen molar-refractivity contribution in [2.75, 3.05) is 13.7 Å². The molecule has 1 aromatic heterocycles. The summed E-state index contributed by atoms with van der Waals surface area (Å²) in [5.41, 5.74) is 0.477. The average Bonchev–Trinajstić information content (AvgIpc) is 2.99. The number of nitro groups is 1. The summed E-state index contributed by atoms with van der Waals surface area (Å²) in [7, 11) is 1.43. The molecule has 1 atom stereocenters. The van der Waals surface area contributed by atoms with Gasteiger partial charge in [0, 0.05) is 32.3 Å². The molecule has 1 aromatic carbocycles. The highest BCUT2D eigenvalue weighted by Crippen LogP contribution is 2.18. The number of methoxy groups -OCH3 is 1. The van der Waals surface area contributed by atoms with E-state index in [1.165, 1.54) is 30.0 Å². The van der Waals surface area contributed by atoms with Crippen LogP contribution < -0.4 is 5.32 Å². The first-order chi connectivity index (χ1) is 12.3. The van der Waals surface area contributed by atoms with Crippen molar-refractivity contribution >= 4 is 17.6 Å². The maximum Gasteiger partial charge on any atom is 0.326 e. The van der Waals surface area contributed by atoms with E-state index in [1.807, 2.05) is 0 Å². The fourth-order valence-electron chi connectivity index (χ4n) is 2.24. The number of non-ortho nitro benzene ring substituents is 1. The summed E-state index contributed by atoms with van der Waals surface area (Å²) in [6.07, 6.45) is 0.0929. The molecule has 0 radical (unpaired) electrons. The predicted molar refractivity (Wildman–Crippen MR) is 88.1 cm³/mol. The van der Waals surface area contributed by atoms with E-state index in [9.17, 15) is 19.7 Å². The zero-order valence-electron chi connectivity index (χ0n) is 14.1. The Balaban J connectivity index is 2.25. The zero-order valence-corrected chi connectivity index (χ0v) is 14.1. The van der Waals surface area contributed by atoms with Crippen LogP contribution in [0, 0.1) is 17.0 Å². The lowest BCUT2D eigenvalue weighted by molar-refractivity contribution is -0.384. The maximum absolute atomic E-state index is 12.3. The Morgan fingerprint density at radius 2 is 2.19 bits per heavy atom. The fourth-order valence-corrected chi connectivity index (χ4v) is 2.24. The largest absolute Gasteiger partial charge is 0.480 e. The Kier molecular flexibility index (Phi) is 5.96. The number of nitrogens with one attached hydrogen (secondary N) is 1. The van der Waals surface area contributed by atoms with Gasteiger partial charge in [-0.15, -0.1) is 5.10 Å². The number of nitrogens with zero attached hydrogens (tertiary/aromatic N) is 4.